The van der Waals surface area contributed by atoms with Crippen molar-refractivity contribution in [3.8, 4) is 5.75 Å². The van der Waals surface area contributed by atoms with E-state index in [9.17, 15) is 4.39 Å². The van der Waals surface area contributed by atoms with E-state index in [4.69, 9.17) is 10.5 Å². The van der Waals surface area contributed by atoms with Crippen LogP contribution in [0.15, 0.2) is 23.2 Å². The summed E-state index contributed by atoms with van der Waals surface area (Å²) in [5.74, 6) is 0.232. The van der Waals surface area contributed by atoms with E-state index in [-0.39, 0.29) is 11.2 Å². The van der Waals surface area contributed by atoms with Crippen LogP contribution in [0.3, 0.4) is 0 Å². The van der Waals surface area contributed by atoms with Crippen LogP contribution >= 0.6 is 0 Å². The number of nitrogens with two attached hydrogens (primary N) is 1. The van der Waals surface area contributed by atoms with Crippen molar-refractivity contribution in [2.24, 2.45) is 16.1 Å². The van der Waals surface area contributed by atoms with Crippen molar-refractivity contribution in [3.63, 3.8) is 0 Å². The molecule has 0 saturated heterocycles. The number of rotatable bonds is 2. The van der Waals surface area contributed by atoms with E-state index in [0.717, 1.165) is 0 Å². The van der Waals surface area contributed by atoms with E-state index >= 15 is 0 Å². The molecule has 1 aromatic carbocycles. The lowest BCUT2D eigenvalue weighted by atomic mass is 9.95. The van der Waals surface area contributed by atoms with Gasteiger partial charge in [0.15, 0.2) is 11.6 Å². The fraction of sp³-hybridized carbons (Fsp3) is 0.417. The molecule has 0 aliphatic carbocycles. The Morgan fingerprint density at radius 3 is 2.44 bits per heavy atom. The zero-order chi connectivity index (χ0) is 12.3. The maximum Gasteiger partial charge on any atom is 0.167 e. The average Bonchev–Trinajstić information content (AvgIpc) is 2.16. The van der Waals surface area contributed by atoms with Crippen molar-refractivity contribution < 1.29 is 9.13 Å². The van der Waals surface area contributed by atoms with E-state index in [1.165, 1.54) is 19.2 Å². The minimum Gasteiger partial charge on any atom is -0.494 e. The van der Waals surface area contributed by atoms with Gasteiger partial charge in [-0.3, -0.25) is 0 Å². The first-order valence-corrected chi connectivity index (χ1v) is 5.03. The number of halogens is 1. The molecule has 0 aliphatic rings. The van der Waals surface area contributed by atoms with Crippen molar-refractivity contribution in [1.82, 2.24) is 0 Å². The molecule has 16 heavy (non-hydrogen) atoms. The molecule has 3 nitrogen and oxygen atoms in total. The largest absolute Gasteiger partial charge is 0.494 e. The van der Waals surface area contributed by atoms with Crippen LogP contribution < -0.4 is 10.5 Å². The Morgan fingerprint density at radius 1 is 1.38 bits per heavy atom. The van der Waals surface area contributed by atoms with Gasteiger partial charge in [0.2, 0.25) is 0 Å². The highest BCUT2D eigenvalue weighted by atomic mass is 19.1. The lowest BCUT2D eigenvalue weighted by Gasteiger charge is -2.17. The normalized spacial score (nSPS) is 12.7. The second-order valence-electron chi connectivity index (χ2n) is 4.57. The summed E-state index contributed by atoms with van der Waals surface area (Å²) >= 11 is 0. The first kappa shape index (κ1) is 12.5. The van der Waals surface area contributed by atoms with Gasteiger partial charge in [-0.1, -0.05) is 20.8 Å². The Balaban J connectivity index is 3.04. The van der Waals surface area contributed by atoms with Gasteiger partial charge < -0.3 is 10.5 Å². The highest BCUT2D eigenvalue weighted by Crippen LogP contribution is 2.24. The van der Waals surface area contributed by atoms with Crippen molar-refractivity contribution in [1.29, 1.82) is 0 Å². The van der Waals surface area contributed by atoms with Crippen LogP contribution in [0.2, 0.25) is 0 Å². The van der Waals surface area contributed by atoms with Gasteiger partial charge in [-0.05, 0) is 12.1 Å². The van der Waals surface area contributed by atoms with Crippen LogP contribution in [0.25, 0.3) is 0 Å². The van der Waals surface area contributed by atoms with Crippen LogP contribution in [0.1, 0.15) is 20.8 Å². The second kappa shape index (κ2) is 4.51. The third-order valence-electron chi connectivity index (χ3n) is 2.15. The highest BCUT2D eigenvalue weighted by Gasteiger charge is 2.15. The number of ether oxygens (including phenoxy) is 1. The van der Waals surface area contributed by atoms with Crippen LogP contribution in [-0.4, -0.2) is 12.9 Å². The molecule has 1 aromatic rings. The van der Waals surface area contributed by atoms with Crippen molar-refractivity contribution in [2.45, 2.75) is 20.8 Å². The van der Waals surface area contributed by atoms with E-state index in [1.807, 2.05) is 20.8 Å². The summed E-state index contributed by atoms with van der Waals surface area (Å²) in [5, 5.41) is 0. The van der Waals surface area contributed by atoms with Crippen molar-refractivity contribution in [3.05, 3.63) is 24.0 Å². The lowest BCUT2D eigenvalue weighted by Crippen LogP contribution is -2.28. The van der Waals surface area contributed by atoms with Gasteiger partial charge in [0.1, 0.15) is 5.84 Å². The Kier molecular flexibility index (Phi) is 3.52. The molecule has 0 fully saturated rings. The van der Waals surface area contributed by atoms with Gasteiger partial charge in [-0.15, -0.1) is 0 Å². The van der Waals surface area contributed by atoms with Crippen molar-refractivity contribution >= 4 is 11.5 Å². The quantitative estimate of drug-likeness (QED) is 0.620. The van der Waals surface area contributed by atoms with E-state index in [2.05, 4.69) is 4.99 Å². The molecular formula is C12H17FN2O. The molecule has 0 spiro atoms. The summed E-state index contributed by atoms with van der Waals surface area (Å²) in [5.41, 5.74) is 6.07. The van der Waals surface area contributed by atoms with Gasteiger partial charge in [0, 0.05) is 11.5 Å². The van der Waals surface area contributed by atoms with E-state index in [1.54, 1.807) is 6.07 Å². The molecule has 4 heteroatoms. The van der Waals surface area contributed by atoms with E-state index < -0.39 is 5.82 Å². The predicted octanol–water partition coefficient (Wildman–Crippen LogP) is 2.87. The summed E-state index contributed by atoms with van der Waals surface area (Å²) in [6.45, 7) is 5.85. The summed E-state index contributed by atoms with van der Waals surface area (Å²) in [4.78, 5) is 4.17. The number of hydrogen-bond donors (Lipinski definition) is 1. The minimum atomic E-state index is -0.439. The number of methoxy groups -OCH3 is 1. The maximum atomic E-state index is 13.4. The molecule has 0 amide bonds. The Hall–Kier alpha value is -1.58. The molecule has 0 bridgehead atoms. The molecule has 1 rings (SSSR count). The Bertz CT molecular complexity index is 408. The molecule has 0 heterocycles. The van der Waals surface area contributed by atoms with Crippen LogP contribution in [0.5, 0.6) is 5.75 Å². The van der Waals surface area contributed by atoms with Crippen LogP contribution in [-0.2, 0) is 0 Å². The number of aliphatic imine (C=N–C) groups is 1. The molecule has 0 saturated carbocycles. The monoisotopic (exact) mass is 224 g/mol. The topological polar surface area (TPSA) is 47.6 Å². The van der Waals surface area contributed by atoms with Gasteiger partial charge in [0.05, 0.1) is 12.8 Å². The van der Waals surface area contributed by atoms with Crippen molar-refractivity contribution in [2.75, 3.05) is 7.11 Å². The summed E-state index contributed by atoms with van der Waals surface area (Å²) in [6.07, 6.45) is 0. The molecular weight excluding hydrogens is 207 g/mol. The number of hydrogen-bond acceptors (Lipinski definition) is 2. The molecule has 88 valence electrons. The average molecular weight is 224 g/mol. The molecule has 0 aliphatic heterocycles. The lowest BCUT2D eigenvalue weighted by molar-refractivity contribution is 0.386. The van der Waals surface area contributed by atoms with Gasteiger partial charge >= 0.3 is 0 Å². The minimum absolute atomic E-state index is 0.202. The standard InChI is InChI=1S/C12H17FN2O/c1-12(2,3)11(14)15-8-5-6-10(16-4)9(13)7-8/h5-7H,1-4H3,(H2,14,15). The second-order valence-corrected chi connectivity index (χ2v) is 4.57. The van der Waals surface area contributed by atoms with Crippen LogP contribution in [0, 0.1) is 11.2 Å². The van der Waals surface area contributed by atoms with Gasteiger partial charge in [0.25, 0.3) is 0 Å². The fourth-order valence-corrected chi connectivity index (χ4v) is 1.03. The first-order chi connectivity index (χ1) is 7.34. The number of amidine groups is 1. The third-order valence-corrected chi connectivity index (χ3v) is 2.15. The molecule has 2 N–H and O–H groups in total. The first-order valence-electron chi connectivity index (χ1n) is 5.03. The number of benzene rings is 1. The molecule has 0 radical (unpaired) electrons. The fourth-order valence-electron chi connectivity index (χ4n) is 1.03. The predicted molar refractivity (Wildman–Crippen MR) is 63.7 cm³/mol. The SMILES string of the molecule is COc1ccc(N=C(N)C(C)(C)C)cc1F. The molecule has 0 atom stereocenters. The summed E-state index contributed by atoms with van der Waals surface area (Å²) in [6, 6.07) is 4.50. The van der Waals surface area contributed by atoms with E-state index in [0.29, 0.717) is 11.5 Å². The summed E-state index contributed by atoms with van der Waals surface area (Å²) in [7, 11) is 1.42. The molecule has 0 unspecified atom stereocenters. The van der Waals surface area contributed by atoms with Gasteiger partial charge in [-0.2, -0.15) is 0 Å². The zero-order valence-electron chi connectivity index (χ0n) is 10.0. The Morgan fingerprint density at radius 2 is 2.00 bits per heavy atom. The Labute approximate surface area is 95.1 Å². The highest BCUT2D eigenvalue weighted by molar-refractivity contribution is 5.87. The number of nitrogens with zero attached hydrogens (tertiary/aromatic N) is 1. The maximum absolute atomic E-state index is 13.4. The molecule has 0 aromatic heterocycles. The summed E-state index contributed by atoms with van der Waals surface area (Å²) < 4.78 is 18.2. The smallest absolute Gasteiger partial charge is 0.167 e. The van der Waals surface area contributed by atoms with Gasteiger partial charge in [-0.25, -0.2) is 9.38 Å². The third kappa shape index (κ3) is 2.95. The zero-order valence-corrected chi connectivity index (χ0v) is 10.0. The van der Waals surface area contributed by atoms with Crippen LogP contribution in [0.4, 0.5) is 10.1 Å².